The van der Waals surface area contributed by atoms with Crippen LogP contribution >= 0.6 is 0 Å². The van der Waals surface area contributed by atoms with Gasteiger partial charge in [0, 0.05) is 12.7 Å². The van der Waals surface area contributed by atoms with Crippen molar-refractivity contribution in [3.63, 3.8) is 0 Å². The van der Waals surface area contributed by atoms with Crippen LogP contribution in [0.4, 0.5) is 5.82 Å². The van der Waals surface area contributed by atoms with Crippen molar-refractivity contribution in [2.24, 2.45) is 0 Å². The molecule has 0 saturated heterocycles. The van der Waals surface area contributed by atoms with E-state index in [0.717, 1.165) is 29.9 Å². The van der Waals surface area contributed by atoms with E-state index in [0.29, 0.717) is 11.1 Å². The lowest BCUT2D eigenvalue weighted by molar-refractivity contribution is 0.0600. The maximum atomic E-state index is 11.3. The Morgan fingerprint density at radius 3 is 2.68 bits per heavy atom. The predicted octanol–water partition coefficient (Wildman–Crippen LogP) is 2.70. The van der Waals surface area contributed by atoms with Crippen molar-refractivity contribution in [1.82, 2.24) is 4.98 Å². The molecule has 5 heteroatoms. The van der Waals surface area contributed by atoms with Gasteiger partial charge in [-0.2, -0.15) is 5.26 Å². The van der Waals surface area contributed by atoms with E-state index < -0.39 is 0 Å². The predicted molar refractivity (Wildman–Crippen MR) is 83.7 cm³/mol. The Kier molecular flexibility index (Phi) is 5.10. The standard InChI is InChI=1S/C17H17N3O2/c1-12-9-16(20-11-15(12)10-18)19-8-7-13-3-5-14(6-4-13)17(21)22-2/h3-6,9,11H,7-8H2,1-2H3,(H,19,20). The number of ether oxygens (including phenoxy) is 1. The highest BCUT2D eigenvalue weighted by atomic mass is 16.5. The Balaban J connectivity index is 1.90. The molecule has 0 aliphatic heterocycles. The summed E-state index contributed by atoms with van der Waals surface area (Å²) in [7, 11) is 1.37. The molecular weight excluding hydrogens is 278 g/mol. The number of aryl methyl sites for hydroxylation is 1. The van der Waals surface area contributed by atoms with Gasteiger partial charge < -0.3 is 10.1 Å². The Morgan fingerprint density at radius 1 is 1.36 bits per heavy atom. The average molecular weight is 295 g/mol. The lowest BCUT2D eigenvalue weighted by atomic mass is 10.1. The zero-order valence-electron chi connectivity index (χ0n) is 12.6. The number of nitriles is 1. The Labute approximate surface area is 129 Å². The highest BCUT2D eigenvalue weighted by molar-refractivity contribution is 5.89. The third kappa shape index (κ3) is 3.83. The van der Waals surface area contributed by atoms with Gasteiger partial charge in [-0.1, -0.05) is 12.1 Å². The van der Waals surface area contributed by atoms with E-state index in [9.17, 15) is 4.79 Å². The van der Waals surface area contributed by atoms with Gasteiger partial charge in [-0.05, 0) is 42.7 Å². The number of pyridine rings is 1. The number of hydrogen-bond acceptors (Lipinski definition) is 5. The van der Waals surface area contributed by atoms with Crippen LogP contribution in [0.3, 0.4) is 0 Å². The van der Waals surface area contributed by atoms with Crippen molar-refractivity contribution in [3.05, 3.63) is 58.8 Å². The SMILES string of the molecule is COC(=O)c1ccc(CCNc2cc(C)c(C#N)cn2)cc1. The molecule has 0 unspecified atom stereocenters. The van der Waals surface area contributed by atoms with Crippen molar-refractivity contribution < 1.29 is 9.53 Å². The summed E-state index contributed by atoms with van der Waals surface area (Å²) < 4.78 is 4.66. The van der Waals surface area contributed by atoms with Crippen LogP contribution in [0.5, 0.6) is 0 Å². The van der Waals surface area contributed by atoms with Crippen LogP contribution in [0.1, 0.15) is 27.0 Å². The summed E-state index contributed by atoms with van der Waals surface area (Å²) in [5, 5.41) is 12.1. The minimum atomic E-state index is -0.332. The highest BCUT2D eigenvalue weighted by Crippen LogP contribution is 2.11. The van der Waals surface area contributed by atoms with Crippen molar-refractivity contribution in [2.45, 2.75) is 13.3 Å². The summed E-state index contributed by atoms with van der Waals surface area (Å²) in [6.45, 7) is 2.60. The Bertz CT molecular complexity index is 703. The van der Waals surface area contributed by atoms with Crippen LogP contribution in [0, 0.1) is 18.3 Å². The first kappa shape index (κ1) is 15.5. The molecule has 0 spiro atoms. The van der Waals surface area contributed by atoms with Gasteiger partial charge in [0.1, 0.15) is 11.9 Å². The molecule has 0 radical (unpaired) electrons. The summed E-state index contributed by atoms with van der Waals surface area (Å²) in [6.07, 6.45) is 2.38. The third-order valence-electron chi connectivity index (χ3n) is 3.33. The second kappa shape index (κ2) is 7.23. The summed E-state index contributed by atoms with van der Waals surface area (Å²) in [5.74, 6) is 0.421. The molecule has 0 aliphatic rings. The fraction of sp³-hybridized carbons (Fsp3) is 0.235. The number of esters is 1. The zero-order valence-corrected chi connectivity index (χ0v) is 12.6. The number of nitrogens with one attached hydrogen (secondary N) is 1. The monoisotopic (exact) mass is 295 g/mol. The largest absolute Gasteiger partial charge is 0.465 e. The zero-order chi connectivity index (χ0) is 15.9. The number of anilines is 1. The summed E-state index contributed by atoms with van der Waals surface area (Å²) in [4.78, 5) is 15.5. The van der Waals surface area contributed by atoms with E-state index in [1.807, 2.05) is 25.1 Å². The maximum absolute atomic E-state index is 11.3. The molecule has 0 saturated carbocycles. The molecule has 0 bridgehead atoms. The van der Waals surface area contributed by atoms with Crippen LogP contribution in [0.2, 0.25) is 0 Å². The number of benzene rings is 1. The van der Waals surface area contributed by atoms with Gasteiger partial charge in [0.15, 0.2) is 0 Å². The first-order chi connectivity index (χ1) is 10.6. The van der Waals surface area contributed by atoms with E-state index in [2.05, 4.69) is 21.1 Å². The third-order valence-corrected chi connectivity index (χ3v) is 3.33. The molecule has 1 N–H and O–H groups in total. The van der Waals surface area contributed by atoms with E-state index in [-0.39, 0.29) is 5.97 Å². The van der Waals surface area contributed by atoms with Crippen LogP contribution in [0.25, 0.3) is 0 Å². The number of nitrogens with zero attached hydrogens (tertiary/aromatic N) is 2. The number of aromatic nitrogens is 1. The van der Waals surface area contributed by atoms with Gasteiger partial charge in [0.05, 0.1) is 18.2 Å². The molecule has 0 aliphatic carbocycles. The lowest BCUT2D eigenvalue weighted by Gasteiger charge is -2.07. The second-order valence-corrected chi connectivity index (χ2v) is 4.86. The molecule has 112 valence electrons. The van der Waals surface area contributed by atoms with Crippen molar-refractivity contribution in [1.29, 1.82) is 5.26 Å². The molecule has 0 fully saturated rings. The normalized spacial score (nSPS) is 9.86. The summed E-state index contributed by atoms with van der Waals surface area (Å²) in [5.41, 5.74) is 3.15. The molecular formula is C17H17N3O2. The smallest absolute Gasteiger partial charge is 0.337 e. The first-order valence-corrected chi connectivity index (χ1v) is 6.92. The Morgan fingerprint density at radius 2 is 2.09 bits per heavy atom. The van der Waals surface area contributed by atoms with Gasteiger partial charge in [-0.25, -0.2) is 9.78 Å². The first-order valence-electron chi connectivity index (χ1n) is 6.92. The topological polar surface area (TPSA) is 75.0 Å². The molecule has 5 nitrogen and oxygen atoms in total. The number of carbonyl (C=O) groups excluding carboxylic acids is 1. The fourth-order valence-electron chi connectivity index (χ4n) is 2.03. The van der Waals surface area contributed by atoms with E-state index in [4.69, 9.17) is 5.26 Å². The molecule has 0 amide bonds. The average Bonchev–Trinajstić information content (AvgIpc) is 2.55. The molecule has 2 aromatic rings. The molecule has 22 heavy (non-hydrogen) atoms. The molecule has 1 heterocycles. The van der Waals surface area contributed by atoms with Gasteiger partial charge in [-0.15, -0.1) is 0 Å². The molecule has 1 aromatic heterocycles. The number of hydrogen-bond donors (Lipinski definition) is 1. The van der Waals surface area contributed by atoms with Crippen LogP contribution in [0.15, 0.2) is 36.5 Å². The Hall–Kier alpha value is -2.87. The van der Waals surface area contributed by atoms with Gasteiger partial charge >= 0.3 is 5.97 Å². The van der Waals surface area contributed by atoms with E-state index in [1.165, 1.54) is 7.11 Å². The minimum absolute atomic E-state index is 0.332. The lowest BCUT2D eigenvalue weighted by Crippen LogP contribution is -2.07. The van der Waals surface area contributed by atoms with Crippen LogP contribution < -0.4 is 5.32 Å². The van der Waals surface area contributed by atoms with Crippen molar-refractivity contribution >= 4 is 11.8 Å². The van der Waals surface area contributed by atoms with Crippen molar-refractivity contribution in [2.75, 3.05) is 19.0 Å². The second-order valence-electron chi connectivity index (χ2n) is 4.86. The quantitative estimate of drug-likeness (QED) is 0.858. The fourth-order valence-corrected chi connectivity index (χ4v) is 2.03. The van der Waals surface area contributed by atoms with Crippen molar-refractivity contribution in [3.8, 4) is 6.07 Å². The summed E-state index contributed by atoms with van der Waals surface area (Å²) >= 11 is 0. The molecule has 2 rings (SSSR count). The number of methoxy groups -OCH3 is 1. The van der Waals surface area contributed by atoms with Crippen LogP contribution in [-0.2, 0) is 11.2 Å². The maximum Gasteiger partial charge on any atom is 0.337 e. The summed E-state index contributed by atoms with van der Waals surface area (Å²) in [6, 6.07) is 11.3. The highest BCUT2D eigenvalue weighted by Gasteiger charge is 2.04. The van der Waals surface area contributed by atoms with Gasteiger partial charge in [0.2, 0.25) is 0 Å². The van der Waals surface area contributed by atoms with E-state index >= 15 is 0 Å². The van der Waals surface area contributed by atoms with Crippen LogP contribution in [-0.4, -0.2) is 24.6 Å². The number of carbonyl (C=O) groups is 1. The van der Waals surface area contributed by atoms with E-state index in [1.54, 1.807) is 18.3 Å². The van der Waals surface area contributed by atoms with Gasteiger partial charge in [0.25, 0.3) is 0 Å². The molecule has 1 aromatic carbocycles. The molecule has 0 atom stereocenters. The van der Waals surface area contributed by atoms with Gasteiger partial charge in [-0.3, -0.25) is 0 Å². The number of rotatable bonds is 5. The minimum Gasteiger partial charge on any atom is -0.465 e.